The number of nitrogens with zero attached hydrogens (tertiary/aromatic N) is 2. The molecule has 0 fully saturated rings. The first-order valence-corrected chi connectivity index (χ1v) is 8.74. The maximum absolute atomic E-state index is 12.4. The Morgan fingerprint density at radius 2 is 1.84 bits per heavy atom. The van der Waals surface area contributed by atoms with Crippen molar-refractivity contribution in [3.63, 3.8) is 0 Å². The fourth-order valence-corrected chi connectivity index (χ4v) is 3.00. The molecule has 1 atom stereocenters. The minimum Gasteiger partial charge on any atom is -0.350 e. The standard InChI is InChI=1S/C21H25N3O/c1-3-24(4-2)20(14-17-9-6-5-7-10-17)16-23-21(25)19-12-8-11-18(13-19)15-22/h5-13,20H,3-4,14,16H2,1-2H3,(H,23,25). The van der Waals surface area contributed by atoms with Gasteiger partial charge in [0.25, 0.3) is 5.91 Å². The first-order valence-electron chi connectivity index (χ1n) is 8.74. The molecular weight excluding hydrogens is 310 g/mol. The Kier molecular flexibility index (Phi) is 7.18. The second-order valence-corrected chi connectivity index (χ2v) is 5.97. The number of amides is 1. The van der Waals surface area contributed by atoms with Crippen LogP contribution in [0.4, 0.5) is 0 Å². The molecule has 4 heteroatoms. The van der Waals surface area contributed by atoms with Crippen molar-refractivity contribution in [2.45, 2.75) is 26.3 Å². The maximum Gasteiger partial charge on any atom is 0.251 e. The molecule has 0 spiro atoms. The number of carbonyl (C=O) groups excluding carboxylic acids is 1. The molecule has 0 radical (unpaired) electrons. The third-order valence-electron chi connectivity index (χ3n) is 4.40. The van der Waals surface area contributed by atoms with Crippen LogP contribution in [0.2, 0.25) is 0 Å². The van der Waals surface area contributed by atoms with Crippen molar-refractivity contribution in [3.8, 4) is 6.07 Å². The molecule has 2 aromatic rings. The zero-order valence-corrected chi connectivity index (χ0v) is 14.9. The average Bonchev–Trinajstić information content (AvgIpc) is 2.67. The first kappa shape index (κ1) is 18.7. The van der Waals surface area contributed by atoms with Crippen LogP contribution in [-0.2, 0) is 6.42 Å². The average molecular weight is 335 g/mol. The largest absolute Gasteiger partial charge is 0.350 e. The first-order chi connectivity index (χ1) is 12.2. The third-order valence-corrected chi connectivity index (χ3v) is 4.40. The van der Waals surface area contributed by atoms with Crippen LogP contribution in [0.15, 0.2) is 54.6 Å². The molecule has 0 aliphatic rings. The summed E-state index contributed by atoms with van der Waals surface area (Å²) in [5.41, 5.74) is 2.29. The molecule has 1 amide bonds. The summed E-state index contributed by atoms with van der Waals surface area (Å²) >= 11 is 0. The number of hydrogen-bond donors (Lipinski definition) is 1. The van der Waals surface area contributed by atoms with Crippen molar-refractivity contribution >= 4 is 5.91 Å². The lowest BCUT2D eigenvalue weighted by Crippen LogP contribution is -2.45. The summed E-state index contributed by atoms with van der Waals surface area (Å²) in [6.07, 6.45) is 0.890. The molecular formula is C21H25N3O. The summed E-state index contributed by atoms with van der Waals surface area (Å²) in [7, 11) is 0. The summed E-state index contributed by atoms with van der Waals surface area (Å²) in [5.74, 6) is -0.137. The van der Waals surface area contributed by atoms with Crippen molar-refractivity contribution in [1.29, 1.82) is 5.26 Å². The van der Waals surface area contributed by atoms with Gasteiger partial charge in [-0.1, -0.05) is 50.2 Å². The predicted octanol–water partition coefficient (Wildman–Crippen LogP) is 3.24. The van der Waals surface area contributed by atoms with Crippen LogP contribution in [0.3, 0.4) is 0 Å². The highest BCUT2D eigenvalue weighted by atomic mass is 16.1. The highest BCUT2D eigenvalue weighted by Crippen LogP contribution is 2.10. The minimum atomic E-state index is -0.137. The highest BCUT2D eigenvalue weighted by molar-refractivity contribution is 5.94. The van der Waals surface area contributed by atoms with Gasteiger partial charge in [0.05, 0.1) is 11.6 Å². The van der Waals surface area contributed by atoms with Crippen LogP contribution in [-0.4, -0.2) is 36.5 Å². The van der Waals surface area contributed by atoms with E-state index in [-0.39, 0.29) is 11.9 Å². The molecule has 1 unspecified atom stereocenters. The van der Waals surface area contributed by atoms with E-state index in [1.807, 2.05) is 18.2 Å². The monoisotopic (exact) mass is 335 g/mol. The predicted molar refractivity (Wildman–Crippen MR) is 100 cm³/mol. The SMILES string of the molecule is CCN(CC)C(CNC(=O)c1cccc(C#N)c1)Cc1ccccc1. The van der Waals surface area contributed by atoms with Crippen molar-refractivity contribution in [1.82, 2.24) is 10.2 Å². The van der Waals surface area contributed by atoms with Crippen LogP contribution in [0.25, 0.3) is 0 Å². The Hall–Kier alpha value is -2.64. The van der Waals surface area contributed by atoms with E-state index >= 15 is 0 Å². The second-order valence-electron chi connectivity index (χ2n) is 5.97. The number of nitrogens with one attached hydrogen (secondary N) is 1. The fraction of sp³-hybridized carbons (Fsp3) is 0.333. The van der Waals surface area contributed by atoms with E-state index in [0.29, 0.717) is 17.7 Å². The number of carbonyl (C=O) groups is 1. The second kappa shape index (κ2) is 9.61. The van der Waals surface area contributed by atoms with Crippen molar-refractivity contribution in [3.05, 3.63) is 71.3 Å². The summed E-state index contributed by atoms with van der Waals surface area (Å²) in [4.78, 5) is 14.8. The molecule has 2 rings (SSSR count). The van der Waals surface area contributed by atoms with Crippen LogP contribution in [0.1, 0.15) is 35.3 Å². The summed E-state index contributed by atoms with van der Waals surface area (Å²) < 4.78 is 0. The molecule has 0 aliphatic heterocycles. The number of likely N-dealkylation sites (N-methyl/N-ethyl adjacent to an activating group) is 1. The van der Waals surface area contributed by atoms with Crippen molar-refractivity contribution in [2.24, 2.45) is 0 Å². The number of benzene rings is 2. The van der Waals surface area contributed by atoms with Crippen LogP contribution in [0, 0.1) is 11.3 Å². The zero-order valence-electron chi connectivity index (χ0n) is 14.9. The molecule has 0 aliphatic carbocycles. The van der Waals surface area contributed by atoms with Crippen LogP contribution >= 0.6 is 0 Å². The van der Waals surface area contributed by atoms with Gasteiger partial charge >= 0.3 is 0 Å². The van der Waals surface area contributed by atoms with E-state index in [1.165, 1.54) is 5.56 Å². The molecule has 0 heterocycles. The van der Waals surface area contributed by atoms with Gasteiger partial charge in [0, 0.05) is 18.2 Å². The Morgan fingerprint density at radius 1 is 1.12 bits per heavy atom. The van der Waals surface area contributed by atoms with Gasteiger partial charge in [0.1, 0.15) is 0 Å². The summed E-state index contributed by atoms with van der Waals surface area (Å²) in [6, 6.07) is 19.4. The van der Waals surface area contributed by atoms with E-state index in [2.05, 4.69) is 42.3 Å². The fourth-order valence-electron chi connectivity index (χ4n) is 3.00. The Balaban J connectivity index is 2.05. The van der Waals surface area contributed by atoms with Gasteiger partial charge < -0.3 is 5.32 Å². The minimum absolute atomic E-state index is 0.137. The summed E-state index contributed by atoms with van der Waals surface area (Å²) in [5, 5.41) is 12.0. The van der Waals surface area contributed by atoms with Gasteiger partial charge in [-0.05, 0) is 43.3 Å². The summed E-state index contributed by atoms with van der Waals surface area (Å²) in [6.45, 7) is 6.73. The molecule has 0 saturated carbocycles. The normalized spacial score (nSPS) is 11.8. The molecule has 1 N–H and O–H groups in total. The molecule has 4 nitrogen and oxygen atoms in total. The van der Waals surface area contributed by atoms with E-state index in [4.69, 9.17) is 5.26 Å². The molecule has 0 bridgehead atoms. The zero-order chi connectivity index (χ0) is 18.1. The smallest absolute Gasteiger partial charge is 0.251 e. The number of nitriles is 1. The highest BCUT2D eigenvalue weighted by Gasteiger charge is 2.18. The van der Waals surface area contributed by atoms with E-state index in [1.54, 1.807) is 24.3 Å². The van der Waals surface area contributed by atoms with Gasteiger partial charge in [-0.2, -0.15) is 5.26 Å². The molecule has 0 aromatic heterocycles. The Morgan fingerprint density at radius 3 is 2.48 bits per heavy atom. The molecule has 25 heavy (non-hydrogen) atoms. The van der Waals surface area contributed by atoms with Gasteiger partial charge in [0.2, 0.25) is 0 Å². The van der Waals surface area contributed by atoms with Crippen molar-refractivity contribution in [2.75, 3.05) is 19.6 Å². The lowest BCUT2D eigenvalue weighted by atomic mass is 10.0. The Bertz CT molecular complexity index is 717. The number of rotatable bonds is 8. The van der Waals surface area contributed by atoms with Gasteiger partial charge in [-0.15, -0.1) is 0 Å². The Labute approximate surface area is 150 Å². The van der Waals surface area contributed by atoms with Crippen molar-refractivity contribution < 1.29 is 4.79 Å². The number of hydrogen-bond acceptors (Lipinski definition) is 3. The quantitative estimate of drug-likeness (QED) is 0.806. The van der Waals surface area contributed by atoms with Gasteiger partial charge in [-0.25, -0.2) is 0 Å². The van der Waals surface area contributed by atoms with E-state index in [9.17, 15) is 4.79 Å². The third kappa shape index (κ3) is 5.44. The topological polar surface area (TPSA) is 56.1 Å². The van der Waals surface area contributed by atoms with E-state index < -0.39 is 0 Å². The van der Waals surface area contributed by atoms with Crippen LogP contribution in [0.5, 0.6) is 0 Å². The lowest BCUT2D eigenvalue weighted by molar-refractivity contribution is 0.0934. The van der Waals surface area contributed by atoms with E-state index in [0.717, 1.165) is 19.5 Å². The molecule has 130 valence electrons. The van der Waals surface area contributed by atoms with Gasteiger partial charge in [0.15, 0.2) is 0 Å². The van der Waals surface area contributed by atoms with Gasteiger partial charge in [-0.3, -0.25) is 9.69 Å². The lowest BCUT2D eigenvalue weighted by Gasteiger charge is -2.30. The molecule has 2 aromatic carbocycles. The van der Waals surface area contributed by atoms with Crippen LogP contribution < -0.4 is 5.32 Å². The molecule has 0 saturated heterocycles. The maximum atomic E-state index is 12.4.